The van der Waals surface area contributed by atoms with Crippen molar-refractivity contribution in [2.75, 3.05) is 12.4 Å². The number of hydrogen-bond acceptors (Lipinski definition) is 3. The molecular weight excluding hydrogens is 220 g/mol. The highest BCUT2D eigenvalue weighted by Crippen LogP contribution is 2.36. The van der Waals surface area contributed by atoms with E-state index >= 15 is 0 Å². The molecule has 84 valence electrons. The molecule has 0 amide bonds. The molecule has 1 aromatic carbocycles. The first-order valence-electron chi connectivity index (χ1n) is 5.41. The number of thioether (sulfide) groups is 1. The van der Waals surface area contributed by atoms with Crippen LogP contribution < -0.4 is 0 Å². The Hall–Kier alpha value is -1.22. The summed E-state index contributed by atoms with van der Waals surface area (Å²) in [6.07, 6.45) is 2.56. The second-order valence-corrected chi connectivity index (χ2v) is 4.65. The third-order valence-electron chi connectivity index (χ3n) is 2.44. The molecule has 0 spiro atoms. The Morgan fingerprint density at radius 1 is 1.50 bits per heavy atom. The summed E-state index contributed by atoms with van der Waals surface area (Å²) in [5.74, 6) is 0.793. The lowest BCUT2D eigenvalue weighted by molar-refractivity contribution is -0.137. The maximum Gasteiger partial charge on any atom is 0.331 e. The smallest absolute Gasteiger partial charge is 0.331 e. The number of rotatable bonds is 2. The van der Waals surface area contributed by atoms with Crippen LogP contribution in [0.1, 0.15) is 18.9 Å². The van der Waals surface area contributed by atoms with Crippen molar-refractivity contribution in [3.63, 3.8) is 0 Å². The van der Waals surface area contributed by atoms with Crippen molar-refractivity contribution in [1.82, 2.24) is 0 Å². The Bertz CT molecular complexity index is 424. The summed E-state index contributed by atoms with van der Waals surface area (Å²) in [5.41, 5.74) is 2.26. The monoisotopic (exact) mass is 234 g/mol. The van der Waals surface area contributed by atoms with E-state index in [0.29, 0.717) is 6.61 Å². The molecule has 0 N–H and O–H groups in total. The lowest BCUT2D eigenvalue weighted by Crippen LogP contribution is -2.04. The minimum absolute atomic E-state index is 0.237. The zero-order valence-electron chi connectivity index (χ0n) is 9.23. The predicted octanol–water partition coefficient (Wildman–Crippen LogP) is 3.13. The van der Waals surface area contributed by atoms with Crippen LogP contribution in [0.5, 0.6) is 0 Å². The van der Waals surface area contributed by atoms with Gasteiger partial charge in [-0.05, 0) is 30.5 Å². The molecule has 2 nitrogen and oxygen atoms in total. The fraction of sp³-hybridized carbons (Fsp3) is 0.308. The van der Waals surface area contributed by atoms with Gasteiger partial charge < -0.3 is 4.74 Å². The summed E-state index contributed by atoms with van der Waals surface area (Å²) < 4.78 is 4.94. The molecule has 1 aromatic rings. The summed E-state index contributed by atoms with van der Waals surface area (Å²) in [6.45, 7) is 2.25. The number of esters is 1. The van der Waals surface area contributed by atoms with Gasteiger partial charge in [0.25, 0.3) is 0 Å². The first kappa shape index (κ1) is 11.3. The molecule has 1 aliphatic heterocycles. The molecule has 0 bridgehead atoms. The number of carbonyl (C=O) groups excluding carboxylic acids is 1. The van der Waals surface area contributed by atoms with Crippen molar-refractivity contribution < 1.29 is 9.53 Å². The quantitative estimate of drug-likeness (QED) is 0.581. The first-order valence-corrected chi connectivity index (χ1v) is 6.39. The molecule has 1 heterocycles. The van der Waals surface area contributed by atoms with Gasteiger partial charge in [-0.3, -0.25) is 0 Å². The SMILES string of the molecule is CCOC(=O)/C=C1\CCSc2ccccc21. The van der Waals surface area contributed by atoms with Crippen molar-refractivity contribution in [1.29, 1.82) is 0 Å². The van der Waals surface area contributed by atoms with E-state index in [1.54, 1.807) is 6.08 Å². The summed E-state index contributed by atoms with van der Waals surface area (Å²) in [5, 5.41) is 0. The van der Waals surface area contributed by atoms with Crippen molar-refractivity contribution >= 4 is 23.3 Å². The fourth-order valence-corrected chi connectivity index (χ4v) is 2.81. The highest BCUT2D eigenvalue weighted by molar-refractivity contribution is 7.99. The van der Waals surface area contributed by atoms with Crippen LogP contribution in [0.15, 0.2) is 35.2 Å². The molecule has 1 aliphatic rings. The molecule has 0 saturated heterocycles. The lowest BCUT2D eigenvalue weighted by atomic mass is 10.0. The average molecular weight is 234 g/mol. The van der Waals surface area contributed by atoms with Gasteiger partial charge in [0.05, 0.1) is 6.61 Å². The number of carbonyl (C=O) groups is 1. The number of allylic oxidation sites excluding steroid dienone is 1. The van der Waals surface area contributed by atoms with E-state index in [0.717, 1.165) is 17.7 Å². The largest absolute Gasteiger partial charge is 0.463 e. The molecule has 0 aromatic heterocycles. The molecular formula is C13H14O2S. The summed E-state index contributed by atoms with van der Waals surface area (Å²) >= 11 is 1.84. The third-order valence-corrected chi connectivity index (χ3v) is 3.52. The molecule has 0 aliphatic carbocycles. The summed E-state index contributed by atoms with van der Waals surface area (Å²) in [7, 11) is 0. The molecule has 0 atom stereocenters. The van der Waals surface area contributed by atoms with Crippen LogP contribution in [0.2, 0.25) is 0 Å². The van der Waals surface area contributed by atoms with Crippen molar-refractivity contribution in [2.24, 2.45) is 0 Å². The van der Waals surface area contributed by atoms with Crippen LogP contribution in [0.3, 0.4) is 0 Å². The molecule has 2 rings (SSSR count). The van der Waals surface area contributed by atoms with Gasteiger partial charge >= 0.3 is 5.97 Å². The minimum atomic E-state index is -0.237. The molecule has 0 radical (unpaired) electrons. The van der Waals surface area contributed by atoms with Gasteiger partial charge in [0.15, 0.2) is 0 Å². The van der Waals surface area contributed by atoms with Gasteiger partial charge in [-0.1, -0.05) is 18.2 Å². The molecule has 0 fully saturated rings. The van der Waals surface area contributed by atoms with Crippen molar-refractivity contribution in [2.45, 2.75) is 18.2 Å². The Morgan fingerprint density at radius 2 is 2.31 bits per heavy atom. The zero-order chi connectivity index (χ0) is 11.4. The van der Waals surface area contributed by atoms with Gasteiger partial charge in [0, 0.05) is 16.7 Å². The van der Waals surface area contributed by atoms with Crippen molar-refractivity contribution in [3.05, 3.63) is 35.9 Å². The van der Waals surface area contributed by atoms with Crippen LogP contribution in [-0.2, 0) is 9.53 Å². The third kappa shape index (κ3) is 2.47. The fourth-order valence-electron chi connectivity index (χ4n) is 1.74. The maximum atomic E-state index is 11.4. The zero-order valence-corrected chi connectivity index (χ0v) is 10.0. The topological polar surface area (TPSA) is 26.3 Å². The van der Waals surface area contributed by atoms with Gasteiger partial charge in [0.2, 0.25) is 0 Å². The Balaban J connectivity index is 2.28. The summed E-state index contributed by atoms with van der Waals surface area (Å²) in [4.78, 5) is 12.7. The molecule has 3 heteroatoms. The Kier molecular flexibility index (Phi) is 3.67. The predicted molar refractivity (Wildman–Crippen MR) is 66.4 cm³/mol. The number of benzene rings is 1. The first-order chi connectivity index (χ1) is 7.81. The van der Waals surface area contributed by atoms with E-state index in [9.17, 15) is 4.79 Å². The Labute approximate surface area is 99.7 Å². The van der Waals surface area contributed by atoms with Gasteiger partial charge in [-0.25, -0.2) is 4.79 Å². The highest BCUT2D eigenvalue weighted by Gasteiger charge is 2.14. The maximum absolute atomic E-state index is 11.4. The van der Waals surface area contributed by atoms with Crippen LogP contribution in [0.25, 0.3) is 5.57 Å². The lowest BCUT2D eigenvalue weighted by Gasteiger charge is -2.17. The van der Waals surface area contributed by atoms with Crippen molar-refractivity contribution in [3.8, 4) is 0 Å². The minimum Gasteiger partial charge on any atom is -0.463 e. The van der Waals surface area contributed by atoms with Gasteiger partial charge in [-0.2, -0.15) is 0 Å². The second kappa shape index (κ2) is 5.21. The second-order valence-electron chi connectivity index (χ2n) is 3.52. The summed E-state index contributed by atoms with van der Waals surface area (Å²) in [6, 6.07) is 8.19. The number of fused-ring (bicyclic) bond motifs is 1. The van der Waals surface area contributed by atoms with Crippen LogP contribution in [0.4, 0.5) is 0 Å². The van der Waals surface area contributed by atoms with Crippen LogP contribution in [0, 0.1) is 0 Å². The van der Waals surface area contributed by atoms with E-state index in [-0.39, 0.29) is 5.97 Å². The van der Waals surface area contributed by atoms with E-state index in [2.05, 4.69) is 12.1 Å². The van der Waals surface area contributed by atoms with E-state index < -0.39 is 0 Å². The standard InChI is InChI=1S/C13H14O2S/c1-2-15-13(14)9-10-7-8-16-12-6-4-3-5-11(10)12/h3-6,9H,2,7-8H2,1H3/b10-9+. The molecule has 0 saturated carbocycles. The highest BCUT2D eigenvalue weighted by atomic mass is 32.2. The average Bonchev–Trinajstić information content (AvgIpc) is 2.30. The van der Waals surface area contributed by atoms with E-state index in [1.807, 2.05) is 30.8 Å². The Morgan fingerprint density at radius 3 is 3.12 bits per heavy atom. The number of ether oxygens (including phenoxy) is 1. The normalized spacial score (nSPS) is 16.9. The van der Waals surface area contributed by atoms with Crippen LogP contribution in [-0.4, -0.2) is 18.3 Å². The molecule has 0 unspecified atom stereocenters. The molecule has 16 heavy (non-hydrogen) atoms. The van der Waals surface area contributed by atoms with E-state index in [4.69, 9.17) is 4.74 Å². The van der Waals surface area contributed by atoms with Crippen LogP contribution >= 0.6 is 11.8 Å². The van der Waals surface area contributed by atoms with E-state index in [1.165, 1.54) is 10.5 Å². The number of hydrogen-bond donors (Lipinski definition) is 0. The van der Waals surface area contributed by atoms with Gasteiger partial charge in [0.1, 0.15) is 0 Å². The van der Waals surface area contributed by atoms with Gasteiger partial charge in [-0.15, -0.1) is 11.8 Å².